The van der Waals surface area contributed by atoms with Gasteiger partial charge in [-0.1, -0.05) is 20.8 Å². The first-order valence-corrected chi connectivity index (χ1v) is 8.42. The predicted octanol–water partition coefficient (Wildman–Crippen LogP) is 3.61. The molecule has 0 spiro atoms. The van der Waals surface area contributed by atoms with Crippen LogP contribution in [0.15, 0.2) is 0 Å². The molecule has 19 heavy (non-hydrogen) atoms. The van der Waals surface area contributed by atoms with E-state index < -0.39 is 0 Å². The van der Waals surface area contributed by atoms with Crippen LogP contribution in [0, 0.1) is 5.92 Å². The van der Waals surface area contributed by atoms with Crippen molar-refractivity contribution >= 4 is 16.5 Å². The molecule has 1 aliphatic rings. The van der Waals surface area contributed by atoms with Crippen LogP contribution in [-0.2, 0) is 6.54 Å². The second-order valence-electron chi connectivity index (χ2n) is 5.79. The molecule has 0 amide bonds. The van der Waals surface area contributed by atoms with Crippen molar-refractivity contribution in [2.45, 2.75) is 53.0 Å². The first kappa shape index (κ1) is 14.8. The topological polar surface area (TPSA) is 28.2 Å². The Kier molecular flexibility index (Phi) is 5.22. The summed E-state index contributed by atoms with van der Waals surface area (Å²) in [5.74, 6) is 1.43. The molecule has 108 valence electrons. The van der Waals surface area contributed by atoms with Crippen LogP contribution in [-0.4, -0.2) is 24.6 Å². The number of rotatable bonds is 8. The van der Waals surface area contributed by atoms with Crippen molar-refractivity contribution in [2.75, 3.05) is 24.5 Å². The van der Waals surface area contributed by atoms with Crippen LogP contribution in [0.4, 0.5) is 5.13 Å². The maximum Gasteiger partial charge on any atom is 0.185 e. The Labute approximate surface area is 121 Å². The minimum absolute atomic E-state index is 0.686. The molecular formula is C15H27N3S. The minimum atomic E-state index is 0.686. The third-order valence-corrected chi connectivity index (χ3v) is 4.59. The van der Waals surface area contributed by atoms with Gasteiger partial charge in [-0.25, -0.2) is 4.98 Å². The maximum absolute atomic E-state index is 4.95. The van der Waals surface area contributed by atoms with Gasteiger partial charge in [0.15, 0.2) is 5.13 Å². The van der Waals surface area contributed by atoms with Crippen molar-refractivity contribution in [3.05, 3.63) is 10.6 Å². The van der Waals surface area contributed by atoms with Crippen molar-refractivity contribution in [1.29, 1.82) is 0 Å². The Morgan fingerprint density at radius 1 is 1.37 bits per heavy atom. The quantitative estimate of drug-likeness (QED) is 0.789. The summed E-state index contributed by atoms with van der Waals surface area (Å²) in [6.45, 7) is 13.1. The second-order valence-corrected chi connectivity index (χ2v) is 6.85. The lowest BCUT2D eigenvalue weighted by Gasteiger charge is -2.21. The molecule has 1 aromatic heterocycles. The molecule has 0 aromatic carbocycles. The van der Waals surface area contributed by atoms with Crippen LogP contribution in [0.3, 0.4) is 0 Å². The smallest absolute Gasteiger partial charge is 0.185 e. The third kappa shape index (κ3) is 3.93. The third-order valence-electron chi connectivity index (χ3n) is 3.45. The number of nitrogens with zero attached hydrogens (tertiary/aromatic N) is 2. The summed E-state index contributed by atoms with van der Waals surface area (Å²) in [7, 11) is 0. The van der Waals surface area contributed by atoms with Crippen molar-refractivity contribution in [2.24, 2.45) is 5.92 Å². The zero-order valence-electron chi connectivity index (χ0n) is 12.7. The zero-order valence-corrected chi connectivity index (χ0v) is 13.5. The number of nitrogens with one attached hydrogen (secondary N) is 1. The van der Waals surface area contributed by atoms with Gasteiger partial charge in [-0.15, -0.1) is 11.3 Å². The van der Waals surface area contributed by atoms with E-state index in [0.29, 0.717) is 5.92 Å². The molecule has 1 aliphatic carbocycles. The van der Waals surface area contributed by atoms with Crippen molar-refractivity contribution in [1.82, 2.24) is 10.3 Å². The van der Waals surface area contributed by atoms with Gasteiger partial charge in [0.25, 0.3) is 0 Å². The van der Waals surface area contributed by atoms with Crippen LogP contribution < -0.4 is 10.2 Å². The normalized spacial score (nSPS) is 15.2. The van der Waals surface area contributed by atoms with Crippen LogP contribution in [0.1, 0.15) is 57.0 Å². The van der Waals surface area contributed by atoms with Crippen LogP contribution in [0.25, 0.3) is 0 Å². The zero-order chi connectivity index (χ0) is 13.8. The van der Waals surface area contributed by atoms with E-state index in [9.17, 15) is 0 Å². The molecule has 1 fully saturated rings. The average molecular weight is 281 g/mol. The van der Waals surface area contributed by atoms with Gasteiger partial charge in [0.05, 0.1) is 5.69 Å². The minimum Gasteiger partial charge on any atom is -0.348 e. The fourth-order valence-corrected chi connectivity index (χ4v) is 3.50. The van der Waals surface area contributed by atoms with Gasteiger partial charge in [-0.05, 0) is 32.2 Å². The van der Waals surface area contributed by atoms with E-state index in [4.69, 9.17) is 4.98 Å². The highest BCUT2D eigenvalue weighted by atomic mass is 32.1. The van der Waals surface area contributed by atoms with Gasteiger partial charge in [0.1, 0.15) is 0 Å². The molecule has 0 bridgehead atoms. The van der Waals surface area contributed by atoms with E-state index in [1.165, 1.54) is 28.5 Å². The number of hydrogen-bond acceptors (Lipinski definition) is 4. The van der Waals surface area contributed by atoms with Crippen LogP contribution in [0.5, 0.6) is 0 Å². The Morgan fingerprint density at radius 3 is 2.63 bits per heavy atom. The number of hydrogen-bond donors (Lipinski definition) is 1. The Balaban J connectivity index is 2.15. The maximum atomic E-state index is 4.95. The molecule has 2 rings (SSSR count). The van der Waals surface area contributed by atoms with E-state index in [1.54, 1.807) is 0 Å². The molecule has 0 aliphatic heterocycles. The Morgan fingerprint density at radius 2 is 2.11 bits per heavy atom. The monoisotopic (exact) mass is 281 g/mol. The van der Waals surface area contributed by atoms with Crippen LogP contribution >= 0.6 is 11.3 Å². The van der Waals surface area contributed by atoms with E-state index >= 15 is 0 Å². The van der Waals surface area contributed by atoms with Crippen molar-refractivity contribution in [3.63, 3.8) is 0 Å². The highest BCUT2D eigenvalue weighted by molar-refractivity contribution is 7.15. The average Bonchev–Trinajstić information content (AvgIpc) is 3.14. The van der Waals surface area contributed by atoms with E-state index in [-0.39, 0.29) is 0 Å². The SMILES string of the molecule is CCNCc1sc(N(CC)CC(C)C)nc1C1CC1. The highest BCUT2D eigenvalue weighted by Gasteiger charge is 2.30. The molecule has 1 saturated carbocycles. The Hall–Kier alpha value is -0.610. The fourth-order valence-electron chi connectivity index (χ4n) is 2.31. The number of anilines is 1. The summed E-state index contributed by atoms with van der Waals surface area (Å²) in [4.78, 5) is 8.84. The van der Waals surface area contributed by atoms with Gasteiger partial charge in [-0.3, -0.25) is 0 Å². The molecule has 1 aromatic rings. The van der Waals surface area contributed by atoms with Gasteiger partial charge < -0.3 is 10.2 Å². The number of aromatic nitrogens is 1. The lowest BCUT2D eigenvalue weighted by molar-refractivity contribution is 0.617. The standard InChI is InChI=1S/C15H27N3S/c1-5-16-9-13-14(12-7-8-12)17-15(19-13)18(6-2)10-11(3)4/h11-12,16H,5-10H2,1-4H3. The lowest BCUT2D eigenvalue weighted by Crippen LogP contribution is -2.27. The second kappa shape index (κ2) is 6.71. The first-order valence-electron chi connectivity index (χ1n) is 7.60. The summed E-state index contributed by atoms with van der Waals surface area (Å²) in [6.07, 6.45) is 2.66. The summed E-state index contributed by atoms with van der Waals surface area (Å²) in [6, 6.07) is 0. The molecule has 0 atom stereocenters. The van der Waals surface area contributed by atoms with E-state index in [1.807, 2.05) is 11.3 Å². The van der Waals surface area contributed by atoms with Gasteiger partial charge >= 0.3 is 0 Å². The summed E-state index contributed by atoms with van der Waals surface area (Å²) < 4.78 is 0. The summed E-state index contributed by atoms with van der Waals surface area (Å²) in [5, 5.41) is 4.68. The molecule has 4 heteroatoms. The molecule has 1 heterocycles. The lowest BCUT2D eigenvalue weighted by atomic mass is 10.2. The Bertz CT molecular complexity index is 396. The molecule has 0 radical (unpaired) electrons. The van der Waals surface area contributed by atoms with Crippen molar-refractivity contribution in [3.8, 4) is 0 Å². The molecule has 1 N–H and O–H groups in total. The van der Waals surface area contributed by atoms with Gasteiger partial charge in [-0.2, -0.15) is 0 Å². The predicted molar refractivity (Wildman–Crippen MR) is 84.2 cm³/mol. The van der Waals surface area contributed by atoms with E-state index in [0.717, 1.165) is 32.1 Å². The van der Waals surface area contributed by atoms with Crippen LogP contribution in [0.2, 0.25) is 0 Å². The molecular weight excluding hydrogens is 254 g/mol. The highest BCUT2D eigenvalue weighted by Crippen LogP contribution is 2.44. The van der Waals surface area contributed by atoms with Crippen molar-refractivity contribution < 1.29 is 0 Å². The van der Waals surface area contributed by atoms with Gasteiger partial charge in [0.2, 0.25) is 0 Å². The largest absolute Gasteiger partial charge is 0.348 e. The summed E-state index contributed by atoms with van der Waals surface area (Å²) in [5.41, 5.74) is 1.38. The number of thiazole rings is 1. The first-order chi connectivity index (χ1) is 9.15. The van der Waals surface area contributed by atoms with E-state index in [2.05, 4.69) is 37.9 Å². The molecule has 0 unspecified atom stereocenters. The fraction of sp³-hybridized carbons (Fsp3) is 0.800. The summed E-state index contributed by atoms with van der Waals surface area (Å²) >= 11 is 1.89. The molecule has 0 saturated heterocycles. The van der Waals surface area contributed by atoms with Gasteiger partial charge in [0, 0.05) is 30.4 Å². The molecule has 3 nitrogen and oxygen atoms in total.